The van der Waals surface area contributed by atoms with E-state index in [9.17, 15) is 14.9 Å². The molecule has 0 saturated carbocycles. The molecule has 16 heavy (non-hydrogen) atoms. The van der Waals surface area contributed by atoms with Crippen LogP contribution in [0.5, 0.6) is 0 Å². The van der Waals surface area contributed by atoms with Crippen molar-refractivity contribution in [1.82, 2.24) is 10.6 Å². The molecule has 1 amide bonds. The van der Waals surface area contributed by atoms with E-state index >= 15 is 0 Å². The van der Waals surface area contributed by atoms with Crippen LogP contribution in [-0.4, -0.2) is 30.5 Å². The summed E-state index contributed by atoms with van der Waals surface area (Å²) in [6.07, 6.45) is 0. The van der Waals surface area contributed by atoms with Crippen LogP contribution in [0.15, 0.2) is 16.5 Å². The predicted molar refractivity (Wildman–Crippen MR) is 56.2 cm³/mol. The molecule has 88 valence electrons. The molecule has 0 saturated heterocycles. The van der Waals surface area contributed by atoms with Gasteiger partial charge in [-0.15, -0.1) is 0 Å². The number of nitrogens with one attached hydrogen (secondary N) is 2. The third-order valence-corrected chi connectivity index (χ3v) is 2.06. The van der Waals surface area contributed by atoms with Crippen LogP contribution >= 0.6 is 0 Å². The zero-order valence-electron chi connectivity index (χ0n) is 9.02. The van der Waals surface area contributed by atoms with Crippen molar-refractivity contribution in [2.75, 3.05) is 13.6 Å². The van der Waals surface area contributed by atoms with Crippen LogP contribution in [0.25, 0.3) is 0 Å². The van der Waals surface area contributed by atoms with Crippen molar-refractivity contribution in [3.63, 3.8) is 0 Å². The van der Waals surface area contributed by atoms with Crippen LogP contribution in [0.3, 0.4) is 0 Å². The molecule has 7 heteroatoms. The molecular weight excluding hydrogens is 214 g/mol. The van der Waals surface area contributed by atoms with Gasteiger partial charge >= 0.3 is 5.88 Å². The molecule has 0 spiro atoms. The molecule has 1 aromatic rings. The maximum absolute atomic E-state index is 11.4. The van der Waals surface area contributed by atoms with E-state index in [4.69, 9.17) is 4.42 Å². The summed E-state index contributed by atoms with van der Waals surface area (Å²) in [6.45, 7) is 2.31. The quantitative estimate of drug-likeness (QED) is 0.564. The second kappa shape index (κ2) is 5.26. The highest BCUT2D eigenvalue weighted by molar-refractivity contribution is 5.91. The Morgan fingerprint density at radius 2 is 2.31 bits per heavy atom. The number of likely N-dealkylation sites (N-methyl/N-ethyl adjacent to an activating group) is 1. The first-order chi connectivity index (χ1) is 7.54. The Labute approximate surface area is 92.0 Å². The highest BCUT2D eigenvalue weighted by atomic mass is 16.6. The van der Waals surface area contributed by atoms with Gasteiger partial charge in [0.2, 0.25) is 0 Å². The molecule has 0 bridgehead atoms. The maximum atomic E-state index is 11.4. The van der Waals surface area contributed by atoms with E-state index in [1.165, 1.54) is 6.07 Å². The average Bonchev–Trinajstić information content (AvgIpc) is 2.74. The number of nitrogens with zero attached hydrogens (tertiary/aromatic N) is 1. The summed E-state index contributed by atoms with van der Waals surface area (Å²) in [5, 5.41) is 15.8. The van der Waals surface area contributed by atoms with Crippen molar-refractivity contribution in [3.05, 3.63) is 28.0 Å². The van der Waals surface area contributed by atoms with Crippen molar-refractivity contribution in [2.24, 2.45) is 0 Å². The Morgan fingerprint density at radius 1 is 1.62 bits per heavy atom. The van der Waals surface area contributed by atoms with E-state index in [-0.39, 0.29) is 11.8 Å². The van der Waals surface area contributed by atoms with E-state index in [1.54, 1.807) is 7.05 Å². The monoisotopic (exact) mass is 227 g/mol. The smallest absolute Gasteiger partial charge is 0.395 e. The van der Waals surface area contributed by atoms with E-state index in [0.717, 1.165) is 6.07 Å². The lowest BCUT2D eigenvalue weighted by Gasteiger charge is -2.09. The minimum atomic E-state index is -0.687. The summed E-state index contributed by atoms with van der Waals surface area (Å²) in [5.74, 6) is -0.961. The molecule has 1 heterocycles. The Morgan fingerprint density at radius 3 is 2.81 bits per heavy atom. The zero-order valence-corrected chi connectivity index (χ0v) is 9.02. The van der Waals surface area contributed by atoms with Gasteiger partial charge in [0.05, 0.1) is 6.07 Å². The Bertz CT molecular complexity index is 388. The number of amides is 1. The SMILES string of the molecule is CNC(C)CNC(=O)c1ccc([N+](=O)[O-])o1. The molecule has 2 N–H and O–H groups in total. The van der Waals surface area contributed by atoms with Gasteiger partial charge in [0.25, 0.3) is 5.91 Å². The Kier molecular flexibility index (Phi) is 4.01. The molecule has 1 aromatic heterocycles. The van der Waals surface area contributed by atoms with Crippen LogP contribution in [0.2, 0.25) is 0 Å². The summed E-state index contributed by atoms with van der Waals surface area (Å²) in [4.78, 5) is 21.1. The van der Waals surface area contributed by atoms with Gasteiger partial charge in [-0.05, 0) is 20.0 Å². The van der Waals surface area contributed by atoms with Crippen LogP contribution < -0.4 is 10.6 Å². The third-order valence-electron chi connectivity index (χ3n) is 2.06. The molecular formula is C9H13N3O4. The normalized spacial score (nSPS) is 12.1. The fraction of sp³-hybridized carbons (Fsp3) is 0.444. The molecule has 7 nitrogen and oxygen atoms in total. The number of furan rings is 1. The lowest BCUT2D eigenvalue weighted by Crippen LogP contribution is -2.37. The van der Waals surface area contributed by atoms with E-state index in [0.29, 0.717) is 6.54 Å². The van der Waals surface area contributed by atoms with Crippen molar-refractivity contribution >= 4 is 11.8 Å². The lowest BCUT2D eigenvalue weighted by molar-refractivity contribution is -0.402. The summed E-state index contributed by atoms with van der Waals surface area (Å²) < 4.78 is 4.74. The van der Waals surface area contributed by atoms with E-state index in [1.807, 2.05) is 6.92 Å². The van der Waals surface area contributed by atoms with Gasteiger partial charge < -0.3 is 15.1 Å². The zero-order chi connectivity index (χ0) is 12.1. The summed E-state index contributed by atoms with van der Waals surface area (Å²) in [7, 11) is 1.77. The molecule has 1 unspecified atom stereocenters. The molecule has 0 aromatic carbocycles. The number of hydrogen-bond donors (Lipinski definition) is 2. The number of carbonyl (C=O) groups is 1. The summed E-state index contributed by atoms with van der Waals surface area (Å²) in [6, 6.07) is 2.54. The van der Waals surface area contributed by atoms with Crippen molar-refractivity contribution in [3.8, 4) is 0 Å². The molecule has 1 atom stereocenters. The van der Waals surface area contributed by atoms with Gasteiger partial charge in [0.15, 0.2) is 5.76 Å². The first-order valence-corrected chi connectivity index (χ1v) is 4.74. The summed E-state index contributed by atoms with van der Waals surface area (Å²) in [5.41, 5.74) is 0. The fourth-order valence-corrected chi connectivity index (χ4v) is 0.983. The largest absolute Gasteiger partial charge is 0.433 e. The minimum Gasteiger partial charge on any atom is -0.395 e. The summed E-state index contributed by atoms with van der Waals surface area (Å²) >= 11 is 0. The van der Waals surface area contributed by atoms with E-state index < -0.39 is 16.7 Å². The lowest BCUT2D eigenvalue weighted by atomic mass is 10.3. The molecule has 0 fully saturated rings. The average molecular weight is 227 g/mol. The predicted octanol–water partition coefficient (Wildman–Crippen LogP) is 0.526. The van der Waals surface area contributed by atoms with Crippen LogP contribution in [-0.2, 0) is 0 Å². The van der Waals surface area contributed by atoms with Crippen LogP contribution in [0.1, 0.15) is 17.5 Å². The Hall–Kier alpha value is -1.89. The highest BCUT2D eigenvalue weighted by Gasteiger charge is 2.17. The molecule has 0 aliphatic rings. The minimum absolute atomic E-state index is 0.0602. The van der Waals surface area contributed by atoms with Gasteiger partial charge in [-0.3, -0.25) is 14.9 Å². The molecule has 1 rings (SSSR count). The van der Waals surface area contributed by atoms with Gasteiger partial charge in [-0.25, -0.2) is 0 Å². The topological polar surface area (TPSA) is 97.4 Å². The second-order valence-electron chi connectivity index (χ2n) is 3.29. The van der Waals surface area contributed by atoms with E-state index in [2.05, 4.69) is 10.6 Å². The van der Waals surface area contributed by atoms with Crippen molar-refractivity contribution in [1.29, 1.82) is 0 Å². The number of rotatable bonds is 5. The molecule has 0 radical (unpaired) electrons. The molecule has 0 aliphatic carbocycles. The van der Waals surface area contributed by atoms with Crippen molar-refractivity contribution in [2.45, 2.75) is 13.0 Å². The highest BCUT2D eigenvalue weighted by Crippen LogP contribution is 2.15. The number of hydrogen-bond acceptors (Lipinski definition) is 5. The van der Waals surface area contributed by atoms with Gasteiger partial charge in [0.1, 0.15) is 4.92 Å². The Balaban J connectivity index is 2.56. The first kappa shape index (κ1) is 12.2. The van der Waals surface area contributed by atoms with Gasteiger partial charge in [0, 0.05) is 12.6 Å². The first-order valence-electron chi connectivity index (χ1n) is 4.74. The fourth-order valence-electron chi connectivity index (χ4n) is 0.983. The number of nitro groups is 1. The van der Waals surface area contributed by atoms with Crippen molar-refractivity contribution < 1.29 is 14.1 Å². The second-order valence-corrected chi connectivity index (χ2v) is 3.29. The molecule has 0 aliphatic heterocycles. The van der Waals surface area contributed by atoms with Gasteiger partial charge in [-0.1, -0.05) is 0 Å². The van der Waals surface area contributed by atoms with Crippen LogP contribution in [0.4, 0.5) is 5.88 Å². The van der Waals surface area contributed by atoms with Gasteiger partial charge in [-0.2, -0.15) is 0 Å². The number of carbonyl (C=O) groups excluding carboxylic acids is 1. The van der Waals surface area contributed by atoms with Crippen LogP contribution in [0, 0.1) is 10.1 Å². The standard InChI is InChI=1S/C9H13N3O4/c1-6(10-2)5-11-9(13)7-3-4-8(16-7)12(14)15/h3-4,6,10H,5H2,1-2H3,(H,11,13). The third kappa shape index (κ3) is 3.06. The maximum Gasteiger partial charge on any atom is 0.433 e.